The smallest absolute Gasteiger partial charge is 0.410 e. The summed E-state index contributed by atoms with van der Waals surface area (Å²) in [6, 6.07) is 14.3. The minimum atomic E-state index is -3.79. The number of anilines is 2. The average molecular weight is 532 g/mol. The van der Waals surface area contributed by atoms with E-state index in [4.69, 9.17) is 16.3 Å². The molecule has 0 bridgehead atoms. The van der Waals surface area contributed by atoms with E-state index in [0.29, 0.717) is 5.82 Å². The van der Waals surface area contributed by atoms with Crippen molar-refractivity contribution in [3.63, 3.8) is 0 Å². The van der Waals surface area contributed by atoms with Crippen molar-refractivity contribution in [2.45, 2.75) is 55.8 Å². The van der Waals surface area contributed by atoms with Crippen LogP contribution in [0.2, 0.25) is 5.15 Å². The molecule has 11 heteroatoms. The minimum Gasteiger partial charge on any atom is -0.444 e. The van der Waals surface area contributed by atoms with Crippen LogP contribution in [-0.2, 0) is 14.6 Å². The number of carbonyl (C=O) groups is 1. The molecule has 1 saturated heterocycles. The third-order valence-electron chi connectivity index (χ3n) is 6.12. The summed E-state index contributed by atoms with van der Waals surface area (Å²) < 4.78 is 31.7. The molecule has 2 N–H and O–H groups in total. The van der Waals surface area contributed by atoms with Crippen molar-refractivity contribution in [2.24, 2.45) is 0 Å². The average Bonchev–Trinajstić information content (AvgIpc) is 3.27. The van der Waals surface area contributed by atoms with E-state index in [1.54, 1.807) is 38.7 Å². The summed E-state index contributed by atoms with van der Waals surface area (Å²) in [4.78, 5) is 18.3. The van der Waals surface area contributed by atoms with Crippen LogP contribution in [0, 0.1) is 0 Å². The lowest BCUT2D eigenvalue weighted by Gasteiger charge is -2.39. The Morgan fingerprint density at radius 1 is 1.11 bits per heavy atom. The second-order valence-electron chi connectivity index (χ2n) is 10.1. The molecule has 0 aliphatic carbocycles. The molecule has 192 valence electrons. The van der Waals surface area contributed by atoms with E-state index in [1.807, 2.05) is 30.3 Å². The fourth-order valence-electron chi connectivity index (χ4n) is 4.02. The van der Waals surface area contributed by atoms with Crippen molar-refractivity contribution in [2.75, 3.05) is 18.4 Å². The van der Waals surface area contributed by atoms with Gasteiger partial charge in [0.25, 0.3) is 0 Å². The number of hydrogen-bond donors (Lipinski definition) is 2. The third kappa shape index (κ3) is 5.65. The lowest BCUT2D eigenvalue weighted by molar-refractivity contribution is 0.0198. The van der Waals surface area contributed by atoms with Gasteiger partial charge in [0, 0.05) is 19.2 Å². The van der Waals surface area contributed by atoms with Crippen LogP contribution in [0.4, 0.5) is 16.4 Å². The minimum absolute atomic E-state index is 0.0483. The van der Waals surface area contributed by atoms with Gasteiger partial charge in [0.15, 0.2) is 15.7 Å². The van der Waals surface area contributed by atoms with E-state index in [0.717, 1.165) is 11.3 Å². The van der Waals surface area contributed by atoms with E-state index in [9.17, 15) is 13.2 Å². The van der Waals surface area contributed by atoms with Gasteiger partial charge in [-0.05, 0) is 58.2 Å². The van der Waals surface area contributed by atoms with E-state index in [2.05, 4.69) is 20.5 Å². The number of benzene rings is 1. The van der Waals surface area contributed by atoms with Gasteiger partial charge in [0.2, 0.25) is 0 Å². The molecule has 3 aromatic rings. The number of halogens is 1. The Hall–Kier alpha value is -3.11. The van der Waals surface area contributed by atoms with Crippen molar-refractivity contribution in [3.05, 3.63) is 53.7 Å². The Morgan fingerprint density at radius 2 is 1.78 bits per heavy atom. The molecule has 1 aliphatic heterocycles. The summed E-state index contributed by atoms with van der Waals surface area (Å²) in [5.74, 6) is 0.742. The molecule has 0 radical (unpaired) electrons. The molecule has 4 rings (SSSR count). The number of amides is 1. The van der Waals surface area contributed by atoms with Gasteiger partial charge in [-0.25, -0.2) is 18.2 Å². The normalized spacial score (nSPS) is 16.0. The van der Waals surface area contributed by atoms with E-state index < -0.39 is 26.3 Å². The Kier molecular flexibility index (Phi) is 7.03. The number of H-pyrrole nitrogens is 1. The summed E-state index contributed by atoms with van der Waals surface area (Å²) in [6.45, 7) is 7.67. The monoisotopic (exact) mass is 531 g/mol. The number of nitrogens with zero attached hydrogens (tertiary/aromatic N) is 3. The number of sulfone groups is 1. The van der Waals surface area contributed by atoms with Crippen LogP contribution in [0.1, 0.15) is 40.5 Å². The molecule has 0 saturated carbocycles. The Labute approximate surface area is 216 Å². The number of rotatable bonds is 5. The highest BCUT2D eigenvalue weighted by Crippen LogP contribution is 2.37. The quantitative estimate of drug-likeness (QED) is 0.421. The Bertz CT molecular complexity index is 1340. The number of aromatic nitrogens is 3. The second-order valence-corrected chi connectivity index (χ2v) is 12.9. The predicted molar refractivity (Wildman–Crippen MR) is 139 cm³/mol. The fourth-order valence-corrected chi connectivity index (χ4v) is 6.11. The van der Waals surface area contributed by atoms with Gasteiger partial charge in [0.1, 0.15) is 16.6 Å². The van der Waals surface area contributed by atoms with Crippen LogP contribution in [0.15, 0.2) is 53.4 Å². The first-order valence-electron chi connectivity index (χ1n) is 11.6. The molecule has 1 amide bonds. The number of nitrogens with one attached hydrogen (secondary N) is 2. The highest BCUT2D eigenvalue weighted by Gasteiger charge is 2.44. The maximum atomic E-state index is 13.7. The lowest BCUT2D eigenvalue weighted by atomic mass is 9.98. The maximum absolute atomic E-state index is 13.7. The topological polar surface area (TPSA) is 117 Å². The zero-order valence-corrected chi connectivity index (χ0v) is 22.3. The molecule has 3 heterocycles. The van der Waals surface area contributed by atoms with Crippen molar-refractivity contribution >= 4 is 39.2 Å². The molecule has 0 spiro atoms. The zero-order valence-electron chi connectivity index (χ0n) is 20.7. The number of hydrogen-bond acceptors (Lipinski definition) is 7. The van der Waals surface area contributed by atoms with E-state index in [1.165, 1.54) is 12.1 Å². The van der Waals surface area contributed by atoms with Gasteiger partial charge in [-0.3, -0.25) is 5.10 Å². The number of pyridine rings is 1. The molecule has 0 unspecified atom stereocenters. The van der Waals surface area contributed by atoms with Crippen LogP contribution >= 0.6 is 11.6 Å². The molecule has 36 heavy (non-hydrogen) atoms. The van der Waals surface area contributed by atoms with Crippen molar-refractivity contribution < 1.29 is 17.9 Å². The summed E-state index contributed by atoms with van der Waals surface area (Å²) in [7, 11) is -3.79. The molecule has 2 aromatic heterocycles. The standard InChI is InChI=1S/C25H30ClN5O4S/c1-24(2,3)35-23(32)31-12-10-25(4,11-13-31)36(33,34)18-14-20(26)27-21(15-18)28-22-16-19(29-30-22)17-8-6-5-7-9-17/h5-9,14-16H,10-13H2,1-4H3,(H2,27,28,29,30). The number of aromatic amines is 1. The van der Waals surface area contributed by atoms with Crippen molar-refractivity contribution in [1.29, 1.82) is 0 Å². The van der Waals surface area contributed by atoms with E-state index >= 15 is 0 Å². The first-order chi connectivity index (χ1) is 16.9. The van der Waals surface area contributed by atoms with Gasteiger partial charge in [-0.15, -0.1) is 0 Å². The number of carbonyl (C=O) groups excluding carboxylic acids is 1. The van der Waals surface area contributed by atoms with Crippen molar-refractivity contribution in [1.82, 2.24) is 20.1 Å². The molecule has 9 nitrogen and oxygen atoms in total. The lowest BCUT2D eigenvalue weighted by Crippen LogP contribution is -2.50. The Morgan fingerprint density at radius 3 is 2.42 bits per heavy atom. The van der Waals surface area contributed by atoms with Crippen LogP contribution in [-0.4, -0.2) is 58.0 Å². The highest BCUT2D eigenvalue weighted by atomic mass is 35.5. The van der Waals surface area contributed by atoms with Gasteiger partial charge >= 0.3 is 6.09 Å². The predicted octanol–water partition coefficient (Wildman–Crippen LogP) is 5.43. The number of piperidine rings is 1. The molecular weight excluding hydrogens is 502 g/mol. The number of ether oxygens (including phenoxy) is 1. The maximum Gasteiger partial charge on any atom is 0.410 e. The number of likely N-dealkylation sites (tertiary alicyclic amines) is 1. The van der Waals surface area contributed by atoms with E-state index in [-0.39, 0.29) is 41.8 Å². The SMILES string of the molecule is CC(C)(C)OC(=O)N1CCC(C)(S(=O)(=O)c2cc(Cl)nc(Nc3cc(-c4ccccc4)[nH]n3)c2)CC1. The first kappa shape index (κ1) is 26.0. The fraction of sp³-hybridized carbons (Fsp3) is 0.400. The third-order valence-corrected chi connectivity index (χ3v) is 8.87. The van der Waals surface area contributed by atoms with Crippen LogP contribution in [0.3, 0.4) is 0 Å². The van der Waals surface area contributed by atoms with Gasteiger partial charge in [-0.1, -0.05) is 41.9 Å². The molecule has 0 atom stereocenters. The summed E-state index contributed by atoms with van der Waals surface area (Å²) in [5, 5.41) is 10.3. The second kappa shape index (κ2) is 9.74. The molecule has 1 aliphatic rings. The highest BCUT2D eigenvalue weighted by molar-refractivity contribution is 7.92. The summed E-state index contributed by atoms with van der Waals surface area (Å²) >= 11 is 6.22. The van der Waals surface area contributed by atoms with Crippen molar-refractivity contribution in [3.8, 4) is 11.3 Å². The largest absolute Gasteiger partial charge is 0.444 e. The molecular formula is C25H30ClN5O4S. The summed E-state index contributed by atoms with van der Waals surface area (Å²) in [6.07, 6.45) is 0.114. The van der Waals surface area contributed by atoms with Crippen LogP contribution in [0.25, 0.3) is 11.3 Å². The Balaban J connectivity index is 1.51. The van der Waals surface area contributed by atoms with Gasteiger partial charge in [0.05, 0.1) is 15.3 Å². The van der Waals surface area contributed by atoms with Gasteiger partial charge < -0.3 is 15.0 Å². The van der Waals surface area contributed by atoms with Crippen LogP contribution in [0.5, 0.6) is 0 Å². The molecule has 1 aromatic carbocycles. The first-order valence-corrected chi connectivity index (χ1v) is 13.5. The summed E-state index contributed by atoms with van der Waals surface area (Å²) in [5.41, 5.74) is 1.15. The zero-order chi connectivity index (χ0) is 26.1. The van der Waals surface area contributed by atoms with Gasteiger partial charge in [-0.2, -0.15) is 5.10 Å². The van der Waals surface area contributed by atoms with Crippen LogP contribution < -0.4 is 5.32 Å². The molecule has 1 fully saturated rings.